The van der Waals surface area contributed by atoms with Crippen LogP contribution in [0, 0.1) is 0 Å². The summed E-state index contributed by atoms with van der Waals surface area (Å²) in [7, 11) is 0. The predicted molar refractivity (Wildman–Crippen MR) is 348 cm³/mol. The molecule has 0 bridgehead atoms. The van der Waals surface area contributed by atoms with Gasteiger partial charge in [0.1, 0.15) is 0 Å². The fourth-order valence-electron chi connectivity index (χ4n) is 13.8. The molecule has 13 aromatic carbocycles. The Bertz CT molecular complexity index is 6030. The molecule has 0 amide bonds. The lowest BCUT2D eigenvalue weighted by Crippen LogP contribution is -2.04. The number of benzene rings is 13. The molecular formula is C74H40N6S2. The van der Waals surface area contributed by atoms with Crippen LogP contribution in [0.1, 0.15) is 0 Å². The third-order valence-corrected chi connectivity index (χ3v) is 19.7. The number of hydrogen-bond donors (Lipinski definition) is 0. The monoisotopic (exact) mass is 1080 g/mol. The zero-order valence-electron chi connectivity index (χ0n) is 43.6. The van der Waals surface area contributed by atoms with E-state index < -0.39 is 0 Å². The van der Waals surface area contributed by atoms with Gasteiger partial charge in [-0.3, -0.25) is 9.13 Å². The molecule has 0 saturated heterocycles. The van der Waals surface area contributed by atoms with Crippen LogP contribution in [-0.2, 0) is 0 Å². The Morgan fingerprint density at radius 2 is 0.793 bits per heavy atom. The Labute approximate surface area is 474 Å². The van der Waals surface area contributed by atoms with Gasteiger partial charge < -0.3 is 0 Å². The molecule has 82 heavy (non-hydrogen) atoms. The molecule has 0 saturated carbocycles. The van der Waals surface area contributed by atoms with E-state index in [0.29, 0.717) is 11.9 Å². The predicted octanol–water partition coefficient (Wildman–Crippen LogP) is 20.4. The molecule has 0 radical (unpaired) electrons. The highest BCUT2D eigenvalue weighted by Gasteiger charge is 2.27. The molecule has 0 unspecified atom stereocenters. The van der Waals surface area contributed by atoms with Gasteiger partial charge >= 0.3 is 0 Å². The van der Waals surface area contributed by atoms with Crippen LogP contribution in [-0.4, -0.2) is 29.1 Å². The molecule has 0 aliphatic heterocycles. The van der Waals surface area contributed by atoms with Gasteiger partial charge in [-0.1, -0.05) is 200 Å². The van der Waals surface area contributed by atoms with E-state index in [9.17, 15) is 0 Å². The lowest BCUT2D eigenvalue weighted by Gasteiger charge is -2.14. The van der Waals surface area contributed by atoms with Crippen molar-refractivity contribution in [1.82, 2.24) is 29.1 Å². The Morgan fingerprint density at radius 1 is 0.293 bits per heavy atom. The van der Waals surface area contributed by atoms with Crippen LogP contribution >= 0.6 is 22.7 Å². The molecule has 378 valence electrons. The molecule has 6 aromatic heterocycles. The molecule has 19 rings (SSSR count). The first-order valence-electron chi connectivity index (χ1n) is 27.7. The maximum Gasteiger partial charge on any atom is 0.235 e. The van der Waals surface area contributed by atoms with Crippen molar-refractivity contribution in [2.45, 2.75) is 0 Å². The summed E-state index contributed by atoms with van der Waals surface area (Å²) in [5.41, 5.74) is 10.5. The molecule has 6 nitrogen and oxygen atoms in total. The molecule has 19 aromatic rings. The number of hydrogen-bond acceptors (Lipinski definition) is 6. The van der Waals surface area contributed by atoms with Crippen LogP contribution in [0.25, 0.3) is 183 Å². The van der Waals surface area contributed by atoms with Crippen LogP contribution in [0.3, 0.4) is 0 Å². The summed E-state index contributed by atoms with van der Waals surface area (Å²) in [5, 5.41) is 21.2. The number of thiophene rings is 2. The number of aromatic nitrogens is 6. The highest BCUT2D eigenvalue weighted by molar-refractivity contribution is 7.27. The molecule has 0 spiro atoms. The van der Waals surface area contributed by atoms with Crippen molar-refractivity contribution >= 4 is 172 Å². The van der Waals surface area contributed by atoms with Crippen LogP contribution < -0.4 is 0 Å². The second-order valence-electron chi connectivity index (χ2n) is 21.6. The summed E-state index contributed by atoms with van der Waals surface area (Å²) in [4.78, 5) is 22.0. The van der Waals surface area contributed by atoms with E-state index in [-0.39, 0.29) is 0 Å². The Balaban J connectivity index is 0.898. The smallest absolute Gasteiger partial charge is 0.235 e. The van der Waals surface area contributed by atoms with Gasteiger partial charge in [0.2, 0.25) is 11.9 Å². The van der Waals surface area contributed by atoms with Gasteiger partial charge in [-0.2, -0.15) is 0 Å². The third-order valence-electron chi connectivity index (χ3n) is 17.3. The zero-order chi connectivity index (χ0) is 53.3. The van der Waals surface area contributed by atoms with Crippen molar-refractivity contribution in [3.8, 4) is 34.3 Å². The second-order valence-corrected chi connectivity index (χ2v) is 23.7. The molecule has 0 aliphatic carbocycles. The van der Waals surface area contributed by atoms with E-state index in [4.69, 9.17) is 19.9 Å². The second kappa shape index (κ2) is 16.6. The van der Waals surface area contributed by atoms with E-state index in [1.807, 2.05) is 28.9 Å². The van der Waals surface area contributed by atoms with Crippen molar-refractivity contribution in [3.63, 3.8) is 0 Å². The normalized spacial score (nSPS) is 12.4. The van der Waals surface area contributed by atoms with Gasteiger partial charge in [0, 0.05) is 85.8 Å². The Hall–Kier alpha value is -10.4. The number of para-hydroxylation sites is 1. The van der Waals surface area contributed by atoms with Crippen molar-refractivity contribution in [3.05, 3.63) is 243 Å². The third kappa shape index (κ3) is 6.06. The quantitative estimate of drug-likeness (QED) is 0.165. The van der Waals surface area contributed by atoms with Gasteiger partial charge in [-0.05, 0) is 79.8 Å². The lowest BCUT2D eigenvalue weighted by atomic mass is 9.96. The molecule has 0 atom stereocenters. The first-order valence-corrected chi connectivity index (χ1v) is 29.3. The largest absolute Gasteiger partial charge is 0.276 e. The first kappa shape index (κ1) is 44.5. The number of rotatable bonds is 4. The topological polar surface area (TPSA) is 61.4 Å². The maximum absolute atomic E-state index is 5.62. The standard InChI is InChI=1S/C74H40N6S2/c1-2-18-43(19-3-1)66-56-36-32-42-17-5-7-21-48(42)68(56)78-74(77-66)79-58-28-14-12-26-53(58)62-50-23-9-11-25-52(50)65-57-38-44(34-37-61(57)82-72(65)69(62)79)45-33-35-54-59(39-45)80(73-75-40-46-31-30-41-16-4-6-20-47(41)67(46)76-73)70-63(54)49-22-8-10-24-51(49)64-55-27-13-15-29-60(55)81-71(64)70/h1-40H. The molecule has 8 heteroatoms. The van der Waals surface area contributed by atoms with Crippen LogP contribution in [0.2, 0.25) is 0 Å². The summed E-state index contributed by atoms with van der Waals surface area (Å²) in [6.07, 6.45) is 2.00. The fourth-order valence-corrected chi connectivity index (χ4v) is 16.3. The Morgan fingerprint density at radius 3 is 1.52 bits per heavy atom. The average Bonchev–Trinajstić information content (AvgIpc) is 1.85. The van der Waals surface area contributed by atoms with Crippen LogP contribution in [0.15, 0.2) is 243 Å². The highest BCUT2D eigenvalue weighted by Crippen LogP contribution is 2.51. The van der Waals surface area contributed by atoms with E-state index >= 15 is 0 Å². The fraction of sp³-hybridized carbons (Fsp3) is 0. The maximum atomic E-state index is 5.62. The van der Waals surface area contributed by atoms with E-state index in [1.54, 1.807) is 0 Å². The highest BCUT2D eigenvalue weighted by atomic mass is 32.1. The minimum absolute atomic E-state index is 0.650. The van der Waals surface area contributed by atoms with E-state index in [1.165, 1.54) is 83.4 Å². The molecule has 0 fully saturated rings. The van der Waals surface area contributed by atoms with Crippen LogP contribution in [0.4, 0.5) is 0 Å². The van der Waals surface area contributed by atoms with Gasteiger partial charge in [-0.25, -0.2) is 19.9 Å². The average molecular weight is 1080 g/mol. The molecule has 0 N–H and O–H groups in total. The summed E-state index contributed by atoms with van der Waals surface area (Å²) >= 11 is 3.71. The Kier molecular flexibility index (Phi) is 9.00. The van der Waals surface area contributed by atoms with Crippen molar-refractivity contribution in [1.29, 1.82) is 0 Å². The van der Waals surface area contributed by atoms with Gasteiger partial charge in [0.15, 0.2) is 0 Å². The minimum Gasteiger partial charge on any atom is -0.276 e. The lowest BCUT2D eigenvalue weighted by molar-refractivity contribution is 1.02. The molecule has 6 heterocycles. The summed E-state index contributed by atoms with van der Waals surface area (Å²) in [6.45, 7) is 0. The molecular weight excluding hydrogens is 1040 g/mol. The zero-order valence-corrected chi connectivity index (χ0v) is 45.2. The van der Waals surface area contributed by atoms with E-state index in [0.717, 1.165) is 87.8 Å². The SMILES string of the molecule is c1ccc(-c2nc(-n3c4ccccc4c4c5ccccc5c5c6cc(-c7ccc8c9c%10ccccc%10c%10c%11ccccc%11sc%10c9n(-c9ncc%10ccc%11ccccc%11c%10n9)c8c7)ccc6sc5c43)nc3c2ccc2ccccc23)cc1. The van der Waals surface area contributed by atoms with E-state index in [2.05, 4.69) is 246 Å². The molecule has 0 aliphatic rings. The minimum atomic E-state index is 0.650. The van der Waals surface area contributed by atoms with Crippen LogP contribution in [0.5, 0.6) is 0 Å². The number of nitrogens with zero attached hydrogens (tertiary/aromatic N) is 6. The van der Waals surface area contributed by atoms with Crippen molar-refractivity contribution in [2.24, 2.45) is 0 Å². The number of fused-ring (bicyclic) bond motifs is 26. The summed E-state index contributed by atoms with van der Waals surface area (Å²) in [5.74, 6) is 1.30. The summed E-state index contributed by atoms with van der Waals surface area (Å²) < 4.78 is 9.63. The summed E-state index contributed by atoms with van der Waals surface area (Å²) in [6, 6.07) is 86.0. The van der Waals surface area contributed by atoms with Gasteiger partial charge in [0.05, 0.1) is 48.2 Å². The first-order chi connectivity index (χ1) is 40.7. The van der Waals surface area contributed by atoms with Gasteiger partial charge in [-0.15, -0.1) is 22.7 Å². The van der Waals surface area contributed by atoms with Crippen molar-refractivity contribution in [2.75, 3.05) is 0 Å². The van der Waals surface area contributed by atoms with Gasteiger partial charge in [0.25, 0.3) is 0 Å². The van der Waals surface area contributed by atoms with Crippen molar-refractivity contribution < 1.29 is 0 Å².